The quantitative estimate of drug-likeness (QED) is 0.537. The fraction of sp³-hybridized carbons (Fsp3) is 0.312. The van der Waals surface area contributed by atoms with E-state index in [-0.39, 0.29) is 11.3 Å². The first kappa shape index (κ1) is 16.5. The second kappa shape index (κ2) is 7.98. The number of aromatic nitrogens is 2. The molecule has 0 unspecified atom stereocenters. The van der Waals surface area contributed by atoms with Gasteiger partial charge in [-0.2, -0.15) is 5.10 Å². The number of anilines is 1. The summed E-state index contributed by atoms with van der Waals surface area (Å²) in [6.45, 7) is 4.32. The van der Waals surface area contributed by atoms with Crippen LogP contribution in [0, 0.1) is 0 Å². The molecule has 0 radical (unpaired) electrons. The molecule has 0 aliphatic carbocycles. The topological polar surface area (TPSA) is 99.6 Å². The molecule has 2 aromatic rings. The molecule has 3 N–H and O–H groups in total. The number of phenols is 1. The number of nitrogens with one attached hydrogen (secondary N) is 2. The van der Waals surface area contributed by atoms with E-state index in [0.717, 1.165) is 24.1 Å². The Bertz CT molecular complexity index is 740. The summed E-state index contributed by atoms with van der Waals surface area (Å²) in [6.07, 6.45) is 3.19. The van der Waals surface area contributed by atoms with Gasteiger partial charge in [0.15, 0.2) is 11.5 Å². The highest BCUT2D eigenvalue weighted by molar-refractivity contribution is 5.81. The zero-order valence-corrected chi connectivity index (χ0v) is 13.2. The molecule has 0 bridgehead atoms. The molecule has 0 saturated heterocycles. The van der Waals surface area contributed by atoms with Crippen LogP contribution in [0.2, 0.25) is 0 Å². The molecule has 1 heterocycles. The molecule has 1 aromatic heterocycles. The Balaban J connectivity index is 2.09. The maximum Gasteiger partial charge on any atom is 0.252 e. The maximum atomic E-state index is 11.5. The number of aryl methyl sites for hydroxylation is 1. The van der Waals surface area contributed by atoms with Crippen LogP contribution in [-0.4, -0.2) is 27.9 Å². The molecule has 0 amide bonds. The minimum absolute atomic E-state index is 0.0789. The lowest BCUT2D eigenvalue weighted by atomic mass is 10.2. The van der Waals surface area contributed by atoms with E-state index in [1.54, 1.807) is 18.3 Å². The van der Waals surface area contributed by atoms with E-state index in [9.17, 15) is 9.90 Å². The molecule has 0 saturated carbocycles. The van der Waals surface area contributed by atoms with Gasteiger partial charge >= 0.3 is 0 Å². The van der Waals surface area contributed by atoms with Gasteiger partial charge in [0.25, 0.3) is 5.56 Å². The van der Waals surface area contributed by atoms with Crippen LogP contribution >= 0.6 is 0 Å². The molecule has 122 valence electrons. The molecule has 2 rings (SSSR count). The zero-order valence-electron chi connectivity index (χ0n) is 13.2. The minimum atomic E-state index is -0.218. The molecule has 0 spiro atoms. The van der Waals surface area contributed by atoms with Crippen LogP contribution in [0.1, 0.15) is 31.5 Å². The summed E-state index contributed by atoms with van der Waals surface area (Å²) in [5, 5.41) is 13.7. The summed E-state index contributed by atoms with van der Waals surface area (Å²) in [5.41, 5.74) is 3.94. The highest BCUT2D eigenvalue weighted by atomic mass is 16.5. The molecule has 0 aliphatic rings. The highest BCUT2D eigenvalue weighted by Crippen LogP contribution is 2.26. The maximum absolute atomic E-state index is 11.5. The van der Waals surface area contributed by atoms with Crippen molar-refractivity contribution in [2.24, 2.45) is 5.10 Å². The number of aromatic hydroxyl groups is 1. The molecule has 7 nitrogen and oxygen atoms in total. The monoisotopic (exact) mass is 316 g/mol. The van der Waals surface area contributed by atoms with E-state index in [0.29, 0.717) is 18.3 Å². The van der Waals surface area contributed by atoms with Crippen LogP contribution in [0.4, 0.5) is 5.95 Å². The van der Waals surface area contributed by atoms with Gasteiger partial charge in [0, 0.05) is 11.8 Å². The van der Waals surface area contributed by atoms with Crippen molar-refractivity contribution < 1.29 is 9.84 Å². The molecule has 0 aliphatic heterocycles. The van der Waals surface area contributed by atoms with Crippen molar-refractivity contribution in [1.29, 1.82) is 0 Å². The van der Waals surface area contributed by atoms with E-state index in [2.05, 4.69) is 20.5 Å². The van der Waals surface area contributed by atoms with Crippen molar-refractivity contribution >= 4 is 12.2 Å². The Morgan fingerprint density at radius 2 is 2.22 bits per heavy atom. The number of rotatable bonds is 7. The number of hydrazone groups is 1. The van der Waals surface area contributed by atoms with Crippen LogP contribution in [0.15, 0.2) is 34.2 Å². The number of benzene rings is 1. The van der Waals surface area contributed by atoms with Crippen molar-refractivity contribution in [2.45, 2.75) is 26.7 Å². The number of nitrogens with zero attached hydrogens (tertiary/aromatic N) is 2. The third-order valence-corrected chi connectivity index (χ3v) is 2.97. The summed E-state index contributed by atoms with van der Waals surface area (Å²) in [7, 11) is 0. The first-order valence-corrected chi connectivity index (χ1v) is 7.47. The predicted octanol–water partition coefficient (Wildman–Crippen LogP) is 2.27. The molecular formula is C16H20N4O3. The van der Waals surface area contributed by atoms with Crippen molar-refractivity contribution in [3.8, 4) is 11.5 Å². The smallest absolute Gasteiger partial charge is 0.252 e. The largest absolute Gasteiger partial charge is 0.504 e. The lowest BCUT2D eigenvalue weighted by Gasteiger charge is -2.06. The van der Waals surface area contributed by atoms with Gasteiger partial charge in [0.05, 0.1) is 12.8 Å². The number of phenolic OH excluding ortho intramolecular Hbond substituents is 1. The van der Waals surface area contributed by atoms with Gasteiger partial charge in [0.2, 0.25) is 5.95 Å². The van der Waals surface area contributed by atoms with Crippen LogP contribution < -0.4 is 15.7 Å². The summed E-state index contributed by atoms with van der Waals surface area (Å²) >= 11 is 0. The van der Waals surface area contributed by atoms with E-state index in [1.165, 1.54) is 12.1 Å². The first-order chi connectivity index (χ1) is 11.1. The van der Waals surface area contributed by atoms with Crippen LogP contribution in [0.25, 0.3) is 0 Å². The second-order valence-electron chi connectivity index (χ2n) is 4.87. The molecule has 1 aromatic carbocycles. The van der Waals surface area contributed by atoms with Gasteiger partial charge in [-0.15, -0.1) is 0 Å². The second-order valence-corrected chi connectivity index (χ2v) is 4.87. The lowest BCUT2D eigenvalue weighted by Crippen LogP contribution is -2.11. The number of hydrogen-bond donors (Lipinski definition) is 3. The van der Waals surface area contributed by atoms with Gasteiger partial charge in [-0.25, -0.2) is 10.4 Å². The van der Waals surface area contributed by atoms with Gasteiger partial charge in [-0.3, -0.25) is 9.78 Å². The molecular weight excluding hydrogens is 296 g/mol. The van der Waals surface area contributed by atoms with E-state index in [1.807, 2.05) is 13.8 Å². The Morgan fingerprint density at radius 3 is 2.96 bits per heavy atom. The third-order valence-electron chi connectivity index (χ3n) is 2.97. The first-order valence-electron chi connectivity index (χ1n) is 7.47. The number of aromatic amines is 1. The number of H-pyrrole nitrogens is 1. The minimum Gasteiger partial charge on any atom is -0.504 e. The van der Waals surface area contributed by atoms with Gasteiger partial charge in [-0.1, -0.05) is 13.3 Å². The van der Waals surface area contributed by atoms with Crippen LogP contribution in [0.5, 0.6) is 11.5 Å². The van der Waals surface area contributed by atoms with Crippen molar-refractivity contribution in [3.05, 3.63) is 45.9 Å². The molecule has 23 heavy (non-hydrogen) atoms. The van der Waals surface area contributed by atoms with Gasteiger partial charge in [-0.05, 0) is 37.1 Å². The number of ether oxygens (including phenoxy) is 1. The zero-order chi connectivity index (χ0) is 16.7. The summed E-state index contributed by atoms with van der Waals surface area (Å²) in [5.74, 6) is 0.768. The van der Waals surface area contributed by atoms with E-state index < -0.39 is 0 Å². The van der Waals surface area contributed by atoms with Crippen LogP contribution in [0.3, 0.4) is 0 Å². The van der Waals surface area contributed by atoms with Crippen molar-refractivity contribution in [2.75, 3.05) is 12.0 Å². The van der Waals surface area contributed by atoms with Gasteiger partial charge < -0.3 is 9.84 Å². The summed E-state index contributed by atoms with van der Waals surface area (Å²) in [4.78, 5) is 18.4. The summed E-state index contributed by atoms with van der Waals surface area (Å²) in [6, 6.07) is 6.39. The predicted molar refractivity (Wildman–Crippen MR) is 89.3 cm³/mol. The van der Waals surface area contributed by atoms with Crippen molar-refractivity contribution in [3.63, 3.8) is 0 Å². The average Bonchev–Trinajstić information content (AvgIpc) is 2.50. The normalized spacial score (nSPS) is 10.9. The summed E-state index contributed by atoms with van der Waals surface area (Å²) < 4.78 is 5.31. The standard InChI is InChI=1S/C16H20N4O3/c1-3-5-12-9-15(22)19-16(18-12)20-17-10-11-6-7-13(21)14(8-11)23-4-2/h6-10,21H,3-5H2,1-2H3,(H2,18,19,20,22)/b17-10+. The lowest BCUT2D eigenvalue weighted by molar-refractivity contribution is 0.318. The Morgan fingerprint density at radius 1 is 1.39 bits per heavy atom. The van der Waals surface area contributed by atoms with Crippen molar-refractivity contribution in [1.82, 2.24) is 9.97 Å². The van der Waals surface area contributed by atoms with E-state index in [4.69, 9.17) is 4.74 Å². The Hall–Kier alpha value is -2.83. The number of hydrogen-bond acceptors (Lipinski definition) is 6. The fourth-order valence-corrected chi connectivity index (χ4v) is 2.00. The van der Waals surface area contributed by atoms with Gasteiger partial charge in [0.1, 0.15) is 0 Å². The molecule has 0 atom stereocenters. The molecule has 0 fully saturated rings. The molecule has 7 heteroatoms. The Labute approximate surface area is 134 Å². The van der Waals surface area contributed by atoms with Crippen LogP contribution in [-0.2, 0) is 6.42 Å². The van der Waals surface area contributed by atoms with E-state index >= 15 is 0 Å². The Kier molecular flexibility index (Phi) is 5.74. The average molecular weight is 316 g/mol. The SMILES string of the molecule is CCCc1cc(=O)[nH]c(N/N=C/c2ccc(O)c(OCC)c2)n1. The third kappa shape index (κ3) is 4.84. The highest BCUT2D eigenvalue weighted by Gasteiger charge is 2.02. The fourth-order valence-electron chi connectivity index (χ4n) is 2.00.